The van der Waals surface area contributed by atoms with Crippen molar-refractivity contribution < 1.29 is 4.39 Å². The Kier molecular flexibility index (Phi) is 3.13. The summed E-state index contributed by atoms with van der Waals surface area (Å²) in [5, 5.41) is 3.45. The van der Waals surface area contributed by atoms with Gasteiger partial charge in [0.25, 0.3) is 0 Å². The molecule has 1 aromatic carbocycles. The van der Waals surface area contributed by atoms with Crippen molar-refractivity contribution in [1.29, 1.82) is 0 Å². The van der Waals surface area contributed by atoms with Gasteiger partial charge in [0.05, 0.1) is 5.69 Å². The van der Waals surface area contributed by atoms with Crippen molar-refractivity contribution >= 4 is 21.6 Å². The second-order valence-corrected chi connectivity index (χ2v) is 6.85. The maximum atomic E-state index is 13.6. The van der Waals surface area contributed by atoms with E-state index in [1.165, 1.54) is 37.7 Å². The van der Waals surface area contributed by atoms with Crippen LogP contribution in [0.5, 0.6) is 0 Å². The van der Waals surface area contributed by atoms with Gasteiger partial charge in [-0.05, 0) is 51.9 Å². The third-order valence-electron chi connectivity index (χ3n) is 4.78. The summed E-state index contributed by atoms with van der Waals surface area (Å²) in [4.78, 5) is 0. The summed E-state index contributed by atoms with van der Waals surface area (Å²) in [5.41, 5.74) is 2.61. The van der Waals surface area contributed by atoms with E-state index in [1.807, 2.05) is 0 Å². The van der Waals surface area contributed by atoms with Crippen molar-refractivity contribution in [2.24, 2.45) is 5.41 Å². The number of nitrogens with one attached hydrogen (secondary N) is 1. The van der Waals surface area contributed by atoms with Gasteiger partial charge >= 0.3 is 0 Å². The van der Waals surface area contributed by atoms with Gasteiger partial charge in [-0.25, -0.2) is 4.39 Å². The fourth-order valence-corrected chi connectivity index (χ4v) is 4.29. The predicted molar refractivity (Wildman–Crippen MR) is 76.5 cm³/mol. The Morgan fingerprint density at radius 3 is 2.72 bits per heavy atom. The second kappa shape index (κ2) is 4.52. The number of benzene rings is 1. The molecular weight excluding hydrogens is 293 g/mol. The Bertz CT molecular complexity index is 466. The van der Waals surface area contributed by atoms with Crippen molar-refractivity contribution in [2.45, 2.75) is 44.9 Å². The fraction of sp³-hybridized carbons (Fsp3) is 0.600. The maximum Gasteiger partial charge on any atom is 0.124 e. The van der Waals surface area contributed by atoms with Crippen molar-refractivity contribution in [3.63, 3.8) is 0 Å². The highest BCUT2D eigenvalue weighted by atomic mass is 79.9. The summed E-state index contributed by atoms with van der Waals surface area (Å²) in [5.74, 6) is 0.327. The van der Waals surface area contributed by atoms with E-state index in [2.05, 4.69) is 28.2 Å². The molecule has 1 nitrogen and oxygen atoms in total. The topological polar surface area (TPSA) is 12.0 Å². The van der Waals surface area contributed by atoms with Gasteiger partial charge < -0.3 is 5.32 Å². The average molecular weight is 312 g/mol. The van der Waals surface area contributed by atoms with Crippen LogP contribution in [0.1, 0.15) is 50.5 Å². The van der Waals surface area contributed by atoms with Crippen LogP contribution < -0.4 is 5.32 Å². The fourth-order valence-electron chi connectivity index (χ4n) is 3.70. The molecule has 1 atom stereocenters. The first-order chi connectivity index (χ1) is 8.60. The van der Waals surface area contributed by atoms with Crippen LogP contribution in [0.3, 0.4) is 0 Å². The normalized spacial score (nSPS) is 25.6. The van der Waals surface area contributed by atoms with Crippen LogP contribution in [0.2, 0.25) is 0 Å². The van der Waals surface area contributed by atoms with Crippen LogP contribution >= 0.6 is 15.9 Å². The van der Waals surface area contributed by atoms with Gasteiger partial charge in [0.15, 0.2) is 0 Å². The number of anilines is 1. The van der Waals surface area contributed by atoms with Crippen LogP contribution in [0.15, 0.2) is 16.6 Å². The molecule has 0 radical (unpaired) electrons. The zero-order chi connectivity index (χ0) is 12.8. The van der Waals surface area contributed by atoms with E-state index in [0.717, 1.165) is 16.7 Å². The highest BCUT2D eigenvalue weighted by molar-refractivity contribution is 9.10. The minimum atomic E-state index is -0.131. The molecule has 98 valence electrons. The standard InChI is InChI=1S/C15H19BrFN/c1-15(5-3-2-4-6-15)12-9-18-14-11(12)7-10(17)8-13(14)16/h7-8,12,18H,2-6,9H2,1H3. The van der Waals surface area contributed by atoms with Crippen LogP contribution in [0.25, 0.3) is 0 Å². The Hall–Kier alpha value is -0.570. The van der Waals surface area contributed by atoms with Crippen molar-refractivity contribution in [2.75, 3.05) is 11.9 Å². The molecule has 1 N–H and O–H groups in total. The summed E-state index contributed by atoms with van der Waals surface area (Å²) in [6.07, 6.45) is 6.53. The predicted octanol–water partition coefficient (Wildman–Crippen LogP) is 5.07. The molecular formula is C15H19BrFN. The van der Waals surface area contributed by atoms with E-state index in [1.54, 1.807) is 12.1 Å². The Morgan fingerprint density at radius 2 is 2.00 bits per heavy atom. The minimum Gasteiger partial charge on any atom is -0.383 e. The number of halogens is 2. The van der Waals surface area contributed by atoms with E-state index in [-0.39, 0.29) is 5.82 Å². The average Bonchev–Trinajstić information content (AvgIpc) is 2.74. The highest BCUT2D eigenvalue weighted by Gasteiger charge is 2.40. The van der Waals surface area contributed by atoms with E-state index >= 15 is 0 Å². The lowest BCUT2D eigenvalue weighted by Crippen LogP contribution is -2.29. The first-order valence-corrected chi connectivity index (χ1v) is 7.62. The molecule has 0 spiro atoms. The van der Waals surface area contributed by atoms with E-state index < -0.39 is 0 Å². The number of rotatable bonds is 1. The van der Waals surface area contributed by atoms with Gasteiger partial charge in [0.2, 0.25) is 0 Å². The number of fused-ring (bicyclic) bond motifs is 1. The first-order valence-electron chi connectivity index (χ1n) is 6.83. The first kappa shape index (κ1) is 12.5. The summed E-state index contributed by atoms with van der Waals surface area (Å²) >= 11 is 3.46. The van der Waals surface area contributed by atoms with Crippen LogP contribution in [0, 0.1) is 11.2 Å². The SMILES string of the molecule is CC1(C2CNc3c(Br)cc(F)cc32)CCCCC1. The van der Waals surface area contributed by atoms with E-state index in [0.29, 0.717) is 11.3 Å². The zero-order valence-corrected chi connectivity index (χ0v) is 12.3. The molecule has 0 saturated heterocycles. The molecule has 1 fully saturated rings. The lowest BCUT2D eigenvalue weighted by molar-refractivity contribution is 0.177. The summed E-state index contributed by atoms with van der Waals surface area (Å²) in [6, 6.07) is 3.28. The second-order valence-electron chi connectivity index (χ2n) is 6.00. The Labute approximate surface area is 116 Å². The molecule has 1 aromatic rings. The third kappa shape index (κ3) is 1.97. The lowest BCUT2D eigenvalue weighted by atomic mass is 9.66. The molecule has 0 aromatic heterocycles. The van der Waals surface area contributed by atoms with Gasteiger partial charge in [0, 0.05) is 16.9 Å². The summed E-state index contributed by atoms with van der Waals surface area (Å²) in [7, 11) is 0. The maximum absolute atomic E-state index is 13.6. The molecule has 1 aliphatic heterocycles. The summed E-state index contributed by atoms with van der Waals surface area (Å²) in [6.45, 7) is 3.33. The summed E-state index contributed by atoms with van der Waals surface area (Å²) < 4.78 is 14.5. The van der Waals surface area contributed by atoms with Gasteiger partial charge in [-0.1, -0.05) is 26.2 Å². The quantitative estimate of drug-likeness (QED) is 0.763. The number of hydrogen-bond donors (Lipinski definition) is 1. The van der Waals surface area contributed by atoms with E-state index in [4.69, 9.17) is 0 Å². The molecule has 3 rings (SSSR count). The third-order valence-corrected chi connectivity index (χ3v) is 5.41. The largest absolute Gasteiger partial charge is 0.383 e. The minimum absolute atomic E-state index is 0.131. The molecule has 1 aliphatic carbocycles. The van der Waals surface area contributed by atoms with Crippen molar-refractivity contribution in [1.82, 2.24) is 0 Å². The van der Waals surface area contributed by atoms with Crippen molar-refractivity contribution in [3.05, 3.63) is 28.0 Å². The molecule has 1 heterocycles. The molecule has 18 heavy (non-hydrogen) atoms. The lowest BCUT2D eigenvalue weighted by Gasteiger charge is -2.39. The molecule has 2 aliphatic rings. The van der Waals surface area contributed by atoms with Gasteiger partial charge in [-0.15, -0.1) is 0 Å². The van der Waals surface area contributed by atoms with Gasteiger partial charge in [0.1, 0.15) is 5.82 Å². The molecule has 3 heteroatoms. The molecule has 0 amide bonds. The Morgan fingerprint density at radius 1 is 1.28 bits per heavy atom. The van der Waals surface area contributed by atoms with E-state index in [9.17, 15) is 4.39 Å². The Balaban J connectivity index is 1.99. The highest BCUT2D eigenvalue weighted by Crippen LogP contribution is 2.52. The zero-order valence-electron chi connectivity index (χ0n) is 10.7. The van der Waals surface area contributed by atoms with Gasteiger partial charge in [-0.3, -0.25) is 0 Å². The monoisotopic (exact) mass is 311 g/mol. The molecule has 1 unspecified atom stereocenters. The molecule has 1 saturated carbocycles. The smallest absolute Gasteiger partial charge is 0.124 e. The van der Waals surface area contributed by atoms with Crippen LogP contribution in [-0.2, 0) is 0 Å². The van der Waals surface area contributed by atoms with Crippen LogP contribution in [-0.4, -0.2) is 6.54 Å². The van der Waals surface area contributed by atoms with Gasteiger partial charge in [-0.2, -0.15) is 0 Å². The molecule has 0 bridgehead atoms. The number of hydrogen-bond acceptors (Lipinski definition) is 1. The van der Waals surface area contributed by atoms with Crippen LogP contribution in [0.4, 0.5) is 10.1 Å². The van der Waals surface area contributed by atoms with Crippen molar-refractivity contribution in [3.8, 4) is 0 Å².